The highest BCUT2D eigenvalue weighted by atomic mass is 16.6. The standard InChI is InChI=1S/C21H27N3O6/c1-20(2,3)30-19(28)24-12-21(13-24)18(27)22-15(17(26)23-21)9-10-16(25)29-11-14-7-5-4-6-8-14/h4-8,15H,9-13H2,1-3H3,(H,22,27)(H,23,26)/t15-/m0/s1. The first-order chi connectivity index (χ1) is 14.1. The molecule has 1 atom stereocenters. The van der Waals surface area contributed by atoms with Gasteiger partial charge in [0.1, 0.15) is 18.2 Å². The van der Waals surface area contributed by atoms with Gasteiger partial charge in [0.05, 0.1) is 13.1 Å². The monoisotopic (exact) mass is 417 g/mol. The van der Waals surface area contributed by atoms with Gasteiger partial charge in [0.2, 0.25) is 11.8 Å². The number of benzene rings is 1. The molecule has 0 radical (unpaired) electrons. The summed E-state index contributed by atoms with van der Waals surface area (Å²) < 4.78 is 10.5. The number of carbonyl (C=O) groups is 4. The van der Waals surface area contributed by atoms with Crippen LogP contribution in [0.25, 0.3) is 0 Å². The van der Waals surface area contributed by atoms with Gasteiger partial charge in [-0.2, -0.15) is 0 Å². The largest absolute Gasteiger partial charge is 0.461 e. The molecule has 3 rings (SSSR count). The number of carbonyl (C=O) groups excluding carboxylic acids is 4. The van der Waals surface area contributed by atoms with Crippen LogP contribution in [0.5, 0.6) is 0 Å². The lowest BCUT2D eigenvalue weighted by Gasteiger charge is -2.51. The second-order valence-electron chi connectivity index (χ2n) is 8.62. The highest BCUT2D eigenvalue weighted by Gasteiger charge is 2.56. The molecule has 162 valence electrons. The van der Waals surface area contributed by atoms with Gasteiger partial charge in [-0.05, 0) is 32.8 Å². The molecule has 0 saturated carbocycles. The Hall–Kier alpha value is -3.10. The summed E-state index contributed by atoms with van der Waals surface area (Å²) in [5.41, 5.74) is -0.910. The van der Waals surface area contributed by atoms with Crippen LogP contribution in [-0.2, 0) is 30.5 Å². The van der Waals surface area contributed by atoms with Crippen LogP contribution in [0.4, 0.5) is 4.79 Å². The predicted molar refractivity (Wildman–Crippen MR) is 106 cm³/mol. The first-order valence-corrected chi connectivity index (χ1v) is 9.88. The molecule has 2 aliphatic heterocycles. The van der Waals surface area contributed by atoms with E-state index in [1.54, 1.807) is 20.8 Å². The SMILES string of the molecule is CC(C)(C)OC(=O)N1CC2(C1)NC(=O)[C@H](CCC(=O)OCc1ccccc1)NC2=O. The van der Waals surface area contributed by atoms with E-state index in [4.69, 9.17) is 9.47 Å². The van der Waals surface area contributed by atoms with Gasteiger partial charge in [-0.25, -0.2) is 4.79 Å². The number of nitrogens with zero attached hydrogens (tertiary/aromatic N) is 1. The fourth-order valence-corrected chi connectivity index (χ4v) is 3.30. The molecule has 9 nitrogen and oxygen atoms in total. The summed E-state index contributed by atoms with van der Waals surface area (Å²) in [6, 6.07) is 8.46. The average molecular weight is 417 g/mol. The van der Waals surface area contributed by atoms with Gasteiger partial charge in [-0.15, -0.1) is 0 Å². The molecule has 0 bridgehead atoms. The summed E-state index contributed by atoms with van der Waals surface area (Å²) in [7, 11) is 0. The van der Waals surface area contributed by atoms with Crippen molar-refractivity contribution in [1.29, 1.82) is 0 Å². The average Bonchev–Trinajstić information content (AvgIpc) is 2.64. The van der Waals surface area contributed by atoms with E-state index in [2.05, 4.69) is 10.6 Å². The molecule has 2 aliphatic rings. The molecule has 2 saturated heterocycles. The minimum atomic E-state index is -1.14. The van der Waals surface area contributed by atoms with Gasteiger partial charge in [0.15, 0.2) is 5.54 Å². The third-order valence-electron chi connectivity index (χ3n) is 4.87. The Labute approximate surface area is 175 Å². The quantitative estimate of drug-likeness (QED) is 0.694. The van der Waals surface area contributed by atoms with Crippen molar-refractivity contribution in [2.75, 3.05) is 13.1 Å². The van der Waals surface area contributed by atoms with Gasteiger partial charge in [-0.1, -0.05) is 30.3 Å². The van der Waals surface area contributed by atoms with Crippen LogP contribution in [-0.4, -0.2) is 59.0 Å². The summed E-state index contributed by atoms with van der Waals surface area (Å²) in [6.45, 7) is 5.52. The van der Waals surface area contributed by atoms with Crippen molar-refractivity contribution in [3.8, 4) is 0 Å². The maximum Gasteiger partial charge on any atom is 0.410 e. The predicted octanol–water partition coefficient (Wildman–Crippen LogP) is 1.11. The minimum absolute atomic E-state index is 0.00222. The van der Waals surface area contributed by atoms with Crippen LogP contribution in [0.2, 0.25) is 0 Å². The number of likely N-dealkylation sites (tertiary alicyclic amines) is 1. The number of piperazine rings is 1. The van der Waals surface area contributed by atoms with Gasteiger partial charge >= 0.3 is 12.1 Å². The molecule has 0 aromatic heterocycles. The number of nitrogens with one attached hydrogen (secondary N) is 2. The van der Waals surface area contributed by atoms with Crippen LogP contribution < -0.4 is 10.6 Å². The molecule has 0 unspecified atom stereocenters. The van der Waals surface area contributed by atoms with Crippen LogP contribution in [0, 0.1) is 0 Å². The molecule has 9 heteroatoms. The van der Waals surface area contributed by atoms with Crippen LogP contribution in [0.1, 0.15) is 39.2 Å². The smallest absolute Gasteiger partial charge is 0.410 e. The van der Waals surface area contributed by atoms with Crippen molar-refractivity contribution < 1.29 is 28.7 Å². The molecule has 2 heterocycles. The third kappa shape index (κ3) is 5.08. The number of rotatable bonds is 5. The molecular formula is C21H27N3O6. The Morgan fingerprint density at radius 3 is 2.47 bits per heavy atom. The molecule has 1 aromatic rings. The molecule has 1 aromatic carbocycles. The summed E-state index contributed by atoms with van der Waals surface area (Å²) in [5, 5.41) is 5.36. The van der Waals surface area contributed by atoms with Gasteiger partial charge in [0.25, 0.3) is 0 Å². The van der Waals surface area contributed by atoms with Crippen LogP contribution in [0.3, 0.4) is 0 Å². The Morgan fingerprint density at radius 2 is 1.83 bits per heavy atom. The zero-order valence-electron chi connectivity index (χ0n) is 17.4. The second-order valence-corrected chi connectivity index (χ2v) is 8.62. The number of hydrogen-bond acceptors (Lipinski definition) is 6. The van der Waals surface area contributed by atoms with Crippen molar-refractivity contribution in [3.05, 3.63) is 35.9 Å². The maximum absolute atomic E-state index is 12.5. The molecule has 30 heavy (non-hydrogen) atoms. The summed E-state index contributed by atoms with van der Waals surface area (Å²) in [5.74, 6) is -1.19. The lowest BCUT2D eigenvalue weighted by atomic mass is 9.85. The van der Waals surface area contributed by atoms with Gasteiger partial charge in [0, 0.05) is 6.42 Å². The van der Waals surface area contributed by atoms with Crippen molar-refractivity contribution in [3.63, 3.8) is 0 Å². The molecule has 1 spiro atoms. The lowest BCUT2D eigenvalue weighted by Crippen LogP contribution is -2.82. The fourth-order valence-electron chi connectivity index (χ4n) is 3.30. The Morgan fingerprint density at radius 1 is 1.17 bits per heavy atom. The Kier molecular flexibility index (Phi) is 6.00. The number of esters is 1. The fraction of sp³-hybridized carbons (Fsp3) is 0.524. The number of hydrogen-bond donors (Lipinski definition) is 2. The highest BCUT2D eigenvalue weighted by molar-refractivity contribution is 6.01. The van der Waals surface area contributed by atoms with Crippen LogP contribution in [0.15, 0.2) is 30.3 Å². The van der Waals surface area contributed by atoms with Crippen molar-refractivity contribution in [1.82, 2.24) is 15.5 Å². The van der Waals surface area contributed by atoms with E-state index in [9.17, 15) is 19.2 Å². The Bertz CT molecular complexity index is 827. The lowest BCUT2D eigenvalue weighted by molar-refractivity contribution is -0.150. The maximum atomic E-state index is 12.5. The molecule has 3 amide bonds. The van der Waals surface area contributed by atoms with Gasteiger partial charge < -0.3 is 25.0 Å². The number of amides is 3. The second kappa shape index (κ2) is 8.33. The van der Waals surface area contributed by atoms with E-state index in [1.165, 1.54) is 4.90 Å². The van der Waals surface area contributed by atoms with E-state index in [1.807, 2.05) is 30.3 Å². The zero-order valence-corrected chi connectivity index (χ0v) is 17.4. The minimum Gasteiger partial charge on any atom is -0.461 e. The van der Waals surface area contributed by atoms with Crippen LogP contribution >= 0.6 is 0 Å². The number of ether oxygens (including phenoxy) is 2. The van der Waals surface area contributed by atoms with E-state index in [0.29, 0.717) is 0 Å². The first kappa shape index (κ1) is 21.6. The van der Waals surface area contributed by atoms with Crippen molar-refractivity contribution in [2.24, 2.45) is 0 Å². The molecule has 2 N–H and O–H groups in total. The van der Waals surface area contributed by atoms with E-state index >= 15 is 0 Å². The zero-order chi connectivity index (χ0) is 21.9. The molecular weight excluding hydrogens is 390 g/mol. The highest BCUT2D eigenvalue weighted by Crippen LogP contribution is 2.26. The normalized spacial score (nSPS) is 20.1. The summed E-state index contributed by atoms with van der Waals surface area (Å²) in [4.78, 5) is 50.4. The summed E-state index contributed by atoms with van der Waals surface area (Å²) >= 11 is 0. The van der Waals surface area contributed by atoms with Gasteiger partial charge in [-0.3, -0.25) is 14.4 Å². The van der Waals surface area contributed by atoms with Crippen molar-refractivity contribution in [2.45, 2.75) is 57.4 Å². The Balaban J connectivity index is 1.44. The molecule has 2 fully saturated rings. The van der Waals surface area contributed by atoms with Crippen molar-refractivity contribution >= 4 is 23.9 Å². The van der Waals surface area contributed by atoms with E-state index < -0.39 is 29.2 Å². The third-order valence-corrected chi connectivity index (χ3v) is 4.87. The first-order valence-electron chi connectivity index (χ1n) is 9.88. The van der Waals surface area contributed by atoms with E-state index in [0.717, 1.165) is 5.56 Å². The van der Waals surface area contributed by atoms with E-state index in [-0.39, 0.29) is 44.4 Å². The summed E-state index contributed by atoms with van der Waals surface area (Å²) in [6.07, 6.45) is -0.391. The molecule has 0 aliphatic carbocycles. The topological polar surface area (TPSA) is 114 Å².